The third-order valence-electron chi connectivity index (χ3n) is 4.35. The van der Waals surface area contributed by atoms with E-state index in [0.717, 1.165) is 6.42 Å². The lowest BCUT2D eigenvalue weighted by Gasteiger charge is -2.16. The molecule has 128 valence electrons. The largest absolute Gasteiger partial charge is 0.354 e. The van der Waals surface area contributed by atoms with Gasteiger partial charge in [0.05, 0.1) is 17.2 Å². The summed E-state index contributed by atoms with van der Waals surface area (Å²) in [4.78, 5) is 28.9. The summed E-state index contributed by atoms with van der Waals surface area (Å²) in [5, 5.41) is 3.45. The van der Waals surface area contributed by atoms with Gasteiger partial charge in [-0.05, 0) is 24.1 Å². The first-order chi connectivity index (χ1) is 12.2. The highest BCUT2D eigenvalue weighted by Crippen LogP contribution is 2.17. The molecule has 5 nitrogen and oxygen atoms in total. The van der Waals surface area contributed by atoms with Crippen LogP contribution in [-0.2, 0) is 11.3 Å². The number of rotatable bonds is 6. The summed E-state index contributed by atoms with van der Waals surface area (Å²) in [5.41, 5.74) is 1.64. The predicted octanol–water partition coefficient (Wildman–Crippen LogP) is 2.71. The molecular formula is C20H21N3O2. The average Bonchev–Trinajstić information content (AvgIpc) is 2.66. The molecule has 1 amide bonds. The summed E-state index contributed by atoms with van der Waals surface area (Å²) in [6.07, 6.45) is 2.36. The zero-order valence-electron chi connectivity index (χ0n) is 14.2. The number of benzene rings is 2. The van der Waals surface area contributed by atoms with Crippen molar-refractivity contribution in [3.63, 3.8) is 0 Å². The molecule has 1 N–H and O–H groups in total. The zero-order valence-corrected chi connectivity index (χ0v) is 14.2. The maximum atomic E-state index is 12.4. The van der Waals surface area contributed by atoms with Crippen LogP contribution in [0.3, 0.4) is 0 Å². The van der Waals surface area contributed by atoms with E-state index in [9.17, 15) is 9.59 Å². The Labute approximate surface area is 146 Å². The molecule has 0 aliphatic rings. The maximum Gasteiger partial charge on any atom is 0.261 e. The first-order valence-corrected chi connectivity index (χ1v) is 8.45. The lowest BCUT2D eigenvalue weighted by atomic mass is 9.96. The van der Waals surface area contributed by atoms with Crippen LogP contribution in [0, 0.1) is 0 Å². The minimum absolute atomic E-state index is 0.0259. The Morgan fingerprint density at radius 2 is 1.84 bits per heavy atom. The van der Waals surface area contributed by atoms with E-state index >= 15 is 0 Å². The van der Waals surface area contributed by atoms with E-state index in [1.807, 2.05) is 24.3 Å². The van der Waals surface area contributed by atoms with Crippen molar-refractivity contribution in [3.8, 4) is 0 Å². The Balaban J connectivity index is 1.67. The van der Waals surface area contributed by atoms with Crippen LogP contribution >= 0.6 is 0 Å². The van der Waals surface area contributed by atoms with Gasteiger partial charge >= 0.3 is 0 Å². The van der Waals surface area contributed by atoms with Gasteiger partial charge in [0.1, 0.15) is 6.54 Å². The molecule has 3 rings (SSSR count). The normalized spacial score (nSPS) is 12.0. The summed E-state index contributed by atoms with van der Waals surface area (Å²) in [6.45, 7) is 2.62. The van der Waals surface area contributed by atoms with Crippen LogP contribution in [0.4, 0.5) is 0 Å². The molecule has 0 saturated heterocycles. The molecule has 0 bridgehead atoms. The molecule has 0 radical (unpaired) electrons. The van der Waals surface area contributed by atoms with Gasteiger partial charge in [0.2, 0.25) is 5.91 Å². The van der Waals surface area contributed by atoms with Gasteiger partial charge in [-0.25, -0.2) is 4.98 Å². The number of nitrogens with one attached hydrogen (secondary N) is 1. The van der Waals surface area contributed by atoms with Crippen LogP contribution in [-0.4, -0.2) is 22.0 Å². The summed E-state index contributed by atoms with van der Waals surface area (Å²) in [6, 6.07) is 17.3. The average molecular weight is 335 g/mol. The van der Waals surface area contributed by atoms with Gasteiger partial charge in [0, 0.05) is 12.5 Å². The second kappa shape index (κ2) is 7.75. The molecule has 0 aliphatic carbocycles. The number of hydrogen-bond donors (Lipinski definition) is 1. The monoisotopic (exact) mass is 335 g/mol. The van der Waals surface area contributed by atoms with E-state index in [0.29, 0.717) is 17.4 Å². The van der Waals surface area contributed by atoms with E-state index in [2.05, 4.69) is 29.4 Å². The van der Waals surface area contributed by atoms with E-state index in [-0.39, 0.29) is 23.9 Å². The zero-order chi connectivity index (χ0) is 17.6. The molecule has 25 heavy (non-hydrogen) atoms. The van der Waals surface area contributed by atoms with Gasteiger partial charge in [0.25, 0.3) is 5.56 Å². The van der Waals surface area contributed by atoms with Gasteiger partial charge in [-0.3, -0.25) is 14.2 Å². The smallest absolute Gasteiger partial charge is 0.261 e. The van der Waals surface area contributed by atoms with Crippen LogP contribution in [0.5, 0.6) is 0 Å². The second-order valence-corrected chi connectivity index (χ2v) is 6.01. The van der Waals surface area contributed by atoms with Crippen LogP contribution in [0.15, 0.2) is 65.7 Å². The summed E-state index contributed by atoms with van der Waals surface area (Å²) >= 11 is 0. The molecule has 1 atom stereocenters. The first-order valence-electron chi connectivity index (χ1n) is 8.45. The van der Waals surface area contributed by atoms with Crippen molar-refractivity contribution in [2.45, 2.75) is 25.8 Å². The molecule has 0 spiro atoms. The van der Waals surface area contributed by atoms with E-state index in [1.165, 1.54) is 16.5 Å². The molecule has 0 aliphatic heterocycles. The van der Waals surface area contributed by atoms with Crippen molar-refractivity contribution in [3.05, 3.63) is 76.8 Å². The lowest BCUT2D eigenvalue weighted by molar-refractivity contribution is -0.121. The van der Waals surface area contributed by atoms with Crippen molar-refractivity contribution < 1.29 is 4.79 Å². The molecule has 3 aromatic rings. The van der Waals surface area contributed by atoms with Gasteiger partial charge < -0.3 is 5.32 Å². The number of carbonyl (C=O) groups excluding carboxylic acids is 1. The van der Waals surface area contributed by atoms with Crippen molar-refractivity contribution in [1.82, 2.24) is 14.9 Å². The first kappa shape index (κ1) is 16.9. The van der Waals surface area contributed by atoms with E-state index in [1.54, 1.807) is 18.2 Å². The van der Waals surface area contributed by atoms with Crippen molar-refractivity contribution in [2.75, 3.05) is 6.54 Å². The molecule has 0 saturated carbocycles. The highest BCUT2D eigenvalue weighted by Gasteiger charge is 2.12. The van der Waals surface area contributed by atoms with Gasteiger partial charge in [-0.2, -0.15) is 0 Å². The molecule has 1 aromatic heterocycles. The Morgan fingerprint density at radius 3 is 2.60 bits per heavy atom. The fourth-order valence-electron chi connectivity index (χ4n) is 2.89. The Hall–Kier alpha value is -2.95. The molecule has 1 heterocycles. The number of fused-ring (bicyclic) bond motifs is 1. The van der Waals surface area contributed by atoms with Crippen molar-refractivity contribution in [2.24, 2.45) is 0 Å². The minimum Gasteiger partial charge on any atom is -0.354 e. The SMILES string of the molecule is CCC(CNC(=O)Cn1cnc2ccccc2c1=O)c1ccccc1. The van der Waals surface area contributed by atoms with Crippen LogP contribution in [0.2, 0.25) is 0 Å². The topological polar surface area (TPSA) is 64.0 Å². The number of para-hydroxylation sites is 1. The Bertz CT molecular complexity index is 919. The third kappa shape index (κ3) is 3.94. The third-order valence-corrected chi connectivity index (χ3v) is 4.35. The summed E-state index contributed by atoms with van der Waals surface area (Å²) in [7, 11) is 0. The minimum atomic E-state index is -0.198. The number of nitrogens with zero attached hydrogens (tertiary/aromatic N) is 2. The Morgan fingerprint density at radius 1 is 1.12 bits per heavy atom. The van der Waals surface area contributed by atoms with E-state index in [4.69, 9.17) is 0 Å². The highest BCUT2D eigenvalue weighted by molar-refractivity contribution is 5.78. The number of amides is 1. The second-order valence-electron chi connectivity index (χ2n) is 6.01. The van der Waals surface area contributed by atoms with Crippen LogP contribution in [0.1, 0.15) is 24.8 Å². The molecule has 5 heteroatoms. The maximum absolute atomic E-state index is 12.4. The van der Waals surface area contributed by atoms with Crippen LogP contribution < -0.4 is 10.9 Å². The molecule has 2 aromatic carbocycles. The summed E-state index contributed by atoms with van der Waals surface area (Å²) in [5.74, 6) is 0.0742. The molecule has 0 fully saturated rings. The van der Waals surface area contributed by atoms with Gasteiger partial charge in [0.15, 0.2) is 0 Å². The number of aromatic nitrogens is 2. The van der Waals surface area contributed by atoms with Gasteiger partial charge in [-0.1, -0.05) is 49.4 Å². The van der Waals surface area contributed by atoms with E-state index < -0.39 is 0 Å². The lowest BCUT2D eigenvalue weighted by Crippen LogP contribution is -2.34. The van der Waals surface area contributed by atoms with Crippen LogP contribution in [0.25, 0.3) is 10.9 Å². The predicted molar refractivity (Wildman–Crippen MR) is 98.5 cm³/mol. The number of carbonyl (C=O) groups is 1. The van der Waals surface area contributed by atoms with Crippen molar-refractivity contribution >= 4 is 16.8 Å². The number of hydrogen-bond acceptors (Lipinski definition) is 3. The fourth-order valence-corrected chi connectivity index (χ4v) is 2.89. The molecular weight excluding hydrogens is 314 g/mol. The molecule has 1 unspecified atom stereocenters. The Kier molecular flexibility index (Phi) is 5.23. The highest BCUT2D eigenvalue weighted by atomic mass is 16.2. The van der Waals surface area contributed by atoms with Gasteiger partial charge in [-0.15, -0.1) is 0 Å². The summed E-state index contributed by atoms with van der Waals surface area (Å²) < 4.78 is 1.35. The quantitative estimate of drug-likeness (QED) is 0.753. The standard InChI is InChI=1S/C20H21N3O2/c1-2-15(16-8-4-3-5-9-16)12-21-19(24)13-23-14-22-18-11-7-6-10-17(18)20(23)25/h3-11,14-15H,2,12-13H2,1H3,(H,21,24). The fraction of sp³-hybridized carbons (Fsp3) is 0.250. The van der Waals surface area contributed by atoms with Crippen molar-refractivity contribution in [1.29, 1.82) is 0 Å².